The molecule has 2 fully saturated rings. The van der Waals surface area contributed by atoms with Crippen LogP contribution < -0.4 is 10.6 Å². The molecule has 4 aromatic rings. The van der Waals surface area contributed by atoms with Crippen molar-refractivity contribution in [2.75, 3.05) is 18.6 Å². The Labute approximate surface area is 247 Å². The second kappa shape index (κ2) is 11.0. The Morgan fingerprint density at radius 1 is 1.21 bits per heavy atom. The largest absolute Gasteiger partial charge is 0.378 e. The number of anilines is 1. The number of nitrogens with zero attached hydrogens (tertiary/aromatic N) is 7. The third-order valence-corrected chi connectivity index (χ3v) is 7.96. The number of fused-ring (bicyclic) bond motifs is 1. The molecule has 1 saturated carbocycles. The number of aromatic nitrogens is 6. The van der Waals surface area contributed by atoms with E-state index in [0.717, 1.165) is 24.8 Å². The van der Waals surface area contributed by atoms with Crippen LogP contribution >= 0.6 is 11.6 Å². The zero-order chi connectivity index (χ0) is 30.6. The zero-order valence-corrected chi connectivity index (χ0v) is 23.6. The van der Waals surface area contributed by atoms with E-state index in [0.29, 0.717) is 35.2 Å². The highest BCUT2D eigenvalue weighted by Gasteiger charge is 2.53. The predicted molar refractivity (Wildman–Crippen MR) is 148 cm³/mol. The Bertz CT molecular complexity index is 1750. The summed E-state index contributed by atoms with van der Waals surface area (Å²) in [6.45, 7) is 2.49. The Morgan fingerprint density at radius 2 is 1.95 bits per heavy atom. The van der Waals surface area contributed by atoms with Gasteiger partial charge in [-0.3, -0.25) is 24.2 Å². The van der Waals surface area contributed by atoms with Gasteiger partial charge in [0.15, 0.2) is 11.5 Å². The fourth-order valence-electron chi connectivity index (χ4n) is 5.25. The lowest BCUT2D eigenvalue weighted by Crippen LogP contribution is -2.29. The Hall–Kier alpha value is -4.43. The summed E-state index contributed by atoms with van der Waals surface area (Å²) in [5.41, 5.74) is 5.04. The lowest BCUT2D eigenvalue weighted by Gasteiger charge is -2.17. The molecule has 1 aliphatic carbocycles. The van der Waals surface area contributed by atoms with Crippen molar-refractivity contribution in [1.29, 1.82) is 0 Å². The van der Waals surface area contributed by atoms with Crippen molar-refractivity contribution in [3.05, 3.63) is 70.3 Å². The van der Waals surface area contributed by atoms with Crippen LogP contribution in [-0.2, 0) is 16.1 Å². The van der Waals surface area contributed by atoms with E-state index in [4.69, 9.17) is 22.1 Å². The van der Waals surface area contributed by atoms with E-state index >= 15 is 0 Å². The number of rotatable bonds is 9. The van der Waals surface area contributed by atoms with E-state index < -0.39 is 40.3 Å². The minimum atomic E-state index is -3.05. The van der Waals surface area contributed by atoms with E-state index in [1.165, 1.54) is 7.11 Å². The molecule has 2 N–H and O–H groups in total. The SMILES string of the molecule is COCc1nn(C(C)c2cnc(N3C[C@H]4C[C@H]4C3=O)nc2)cc1-c1ncc(-c2c(C(F)F)ccc(Cl)c2F)nc1C(N)=O. The van der Waals surface area contributed by atoms with Crippen molar-refractivity contribution in [2.45, 2.75) is 32.4 Å². The number of carbonyl (C=O) groups excluding carboxylic acids is 2. The van der Waals surface area contributed by atoms with E-state index in [9.17, 15) is 22.8 Å². The van der Waals surface area contributed by atoms with Gasteiger partial charge in [0.25, 0.3) is 12.3 Å². The number of amides is 2. The summed E-state index contributed by atoms with van der Waals surface area (Å²) in [6, 6.07) is 1.59. The number of primary amides is 1. The molecule has 11 nitrogen and oxygen atoms in total. The first-order valence-electron chi connectivity index (χ1n) is 13.2. The average molecular weight is 613 g/mol. The number of nitrogens with two attached hydrogens (primary N) is 1. The van der Waals surface area contributed by atoms with Crippen LogP contribution in [0.1, 0.15) is 53.1 Å². The van der Waals surface area contributed by atoms with Crippen LogP contribution in [0.15, 0.2) is 36.9 Å². The Balaban J connectivity index is 1.36. The van der Waals surface area contributed by atoms with Gasteiger partial charge in [-0.2, -0.15) is 5.10 Å². The van der Waals surface area contributed by atoms with Gasteiger partial charge < -0.3 is 10.5 Å². The summed E-state index contributed by atoms with van der Waals surface area (Å²) in [5.74, 6) is -1.28. The molecule has 15 heteroatoms. The Kier molecular flexibility index (Phi) is 7.34. The smallest absolute Gasteiger partial charge is 0.269 e. The van der Waals surface area contributed by atoms with Crippen LogP contribution in [0.25, 0.3) is 22.5 Å². The van der Waals surface area contributed by atoms with Crippen molar-refractivity contribution < 1.29 is 27.5 Å². The van der Waals surface area contributed by atoms with Gasteiger partial charge >= 0.3 is 0 Å². The van der Waals surface area contributed by atoms with Crippen LogP contribution in [0.2, 0.25) is 5.02 Å². The number of benzene rings is 1. The van der Waals surface area contributed by atoms with Crippen LogP contribution in [-0.4, -0.2) is 55.2 Å². The van der Waals surface area contributed by atoms with E-state index in [2.05, 4.69) is 25.0 Å². The topological polar surface area (TPSA) is 142 Å². The second-order valence-electron chi connectivity index (χ2n) is 10.4. The molecule has 1 saturated heterocycles. The van der Waals surface area contributed by atoms with E-state index in [-0.39, 0.29) is 35.5 Å². The van der Waals surface area contributed by atoms with Gasteiger partial charge in [-0.25, -0.2) is 28.1 Å². The van der Waals surface area contributed by atoms with Gasteiger partial charge in [0, 0.05) is 60.4 Å². The molecule has 1 unspecified atom stereocenters. The van der Waals surface area contributed by atoms with Crippen LogP contribution in [0.4, 0.5) is 19.1 Å². The maximum Gasteiger partial charge on any atom is 0.269 e. The van der Waals surface area contributed by atoms with Crippen LogP contribution in [0, 0.1) is 17.7 Å². The number of piperidine rings is 1. The molecule has 43 heavy (non-hydrogen) atoms. The molecule has 6 rings (SSSR count). The standard InChI is InChI=1S/C28H24ClF3N8O3/c1-12(14-6-35-28(36-7-14)39-9-13-5-16(13)27(39)42)40-10-17(20(38-40)11-43-2)23-24(26(33)41)37-19(8-34-23)21-15(25(31)32)3-4-18(29)22(21)30/h3-4,6-8,10,12-13,16,25H,5,9,11H2,1-2H3,(H2,33,41)/t12?,13-,16-/m1/s1. The molecule has 0 spiro atoms. The summed E-state index contributed by atoms with van der Waals surface area (Å²) < 4.78 is 49.2. The fourth-order valence-corrected chi connectivity index (χ4v) is 5.41. The highest BCUT2D eigenvalue weighted by molar-refractivity contribution is 6.31. The normalized spacial score (nSPS) is 18.3. The third-order valence-electron chi connectivity index (χ3n) is 7.67. The van der Waals surface area contributed by atoms with E-state index in [1.807, 2.05) is 6.92 Å². The summed E-state index contributed by atoms with van der Waals surface area (Å²) in [6.07, 6.45) is 3.78. The van der Waals surface area contributed by atoms with Gasteiger partial charge in [-0.1, -0.05) is 17.7 Å². The fraction of sp³-hybridized carbons (Fsp3) is 0.321. The molecule has 2 amide bonds. The highest BCUT2D eigenvalue weighted by Crippen LogP contribution is 2.46. The average Bonchev–Trinajstić information content (AvgIpc) is 3.53. The van der Waals surface area contributed by atoms with Gasteiger partial charge in [-0.05, 0) is 25.3 Å². The number of halogens is 4. The van der Waals surface area contributed by atoms with Gasteiger partial charge in [0.05, 0.1) is 35.3 Å². The quantitative estimate of drug-likeness (QED) is 0.294. The van der Waals surface area contributed by atoms with Crippen molar-refractivity contribution in [2.24, 2.45) is 17.6 Å². The van der Waals surface area contributed by atoms with Crippen molar-refractivity contribution >= 4 is 29.4 Å². The first-order chi connectivity index (χ1) is 20.6. The lowest BCUT2D eigenvalue weighted by molar-refractivity contribution is -0.118. The molecule has 0 bridgehead atoms. The molecule has 3 aromatic heterocycles. The number of methoxy groups -OCH3 is 1. The van der Waals surface area contributed by atoms with Crippen molar-refractivity contribution in [3.8, 4) is 22.5 Å². The second-order valence-corrected chi connectivity index (χ2v) is 10.8. The van der Waals surface area contributed by atoms with Gasteiger partial charge in [-0.15, -0.1) is 0 Å². The van der Waals surface area contributed by atoms with E-state index in [1.54, 1.807) is 28.2 Å². The number of alkyl halides is 2. The number of ether oxygens (including phenoxy) is 1. The number of carbonyl (C=O) groups is 2. The maximum atomic E-state index is 14.9. The summed E-state index contributed by atoms with van der Waals surface area (Å²) in [4.78, 5) is 43.7. The molecule has 2 aliphatic rings. The minimum absolute atomic E-state index is 0.000456. The number of hydrogen-bond donors (Lipinski definition) is 1. The zero-order valence-electron chi connectivity index (χ0n) is 22.8. The predicted octanol–water partition coefficient (Wildman–Crippen LogP) is 4.36. The molecule has 3 atom stereocenters. The summed E-state index contributed by atoms with van der Waals surface area (Å²) in [7, 11) is 1.46. The van der Waals surface area contributed by atoms with Crippen molar-refractivity contribution in [3.63, 3.8) is 0 Å². The minimum Gasteiger partial charge on any atom is -0.378 e. The monoisotopic (exact) mass is 612 g/mol. The first-order valence-corrected chi connectivity index (χ1v) is 13.6. The molecule has 1 aliphatic heterocycles. The summed E-state index contributed by atoms with van der Waals surface area (Å²) >= 11 is 5.85. The molecule has 222 valence electrons. The molecule has 0 radical (unpaired) electrons. The van der Waals surface area contributed by atoms with Gasteiger partial charge in [0.1, 0.15) is 5.69 Å². The lowest BCUT2D eigenvalue weighted by atomic mass is 10.0. The number of hydrogen-bond acceptors (Lipinski definition) is 8. The Morgan fingerprint density at radius 3 is 2.58 bits per heavy atom. The molecular weight excluding hydrogens is 589 g/mol. The van der Waals surface area contributed by atoms with Crippen LogP contribution in [0.5, 0.6) is 0 Å². The highest BCUT2D eigenvalue weighted by atomic mass is 35.5. The maximum absolute atomic E-state index is 14.9. The molecule has 1 aromatic carbocycles. The molecular formula is C28H24ClF3N8O3. The van der Waals surface area contributed by atoms with Gasteiger partial charge in [0.2, 0.25) is 11.9 Å². The molecule has 4 heterocycles. The third kappa shape index (κ3) is 5.10. The van der Waals surface area contributed by atoms with Crippen molar-refractivity contribution in [1.82, 2.24) is 29.7 Å². The van der Waals surface area contributed by atoms with Crippen LogP contribution in [0.3, 0.4) is 0 Å². The summed E-state index contributed by atoms with van der Waals surface area (Å²) in [5, 5.41) is 4.20. The first kappa shape index (κ1) is 28.7.